The Hall–Kier alpha value is -2.40. The monoisotopic (exact) mass is 343 g/mol. The van der Waals surface area contributed by atoms with E-state index in [2.05, 4.69) is 5.32 Å². The van der Waals surface area contributed by atoms with E-state index in [1.165, 1.54) is 12.1 Å². The van der Waals surface area contributed by atoms with Gasteiger partial charge in [0.05, 0.1) is 18.6 Å². The molecule has 0 saturated heterocycles. The van der Waals surface area contributed by atoms with Crippen LogP contribution < -0.4 is 10.1 Å². The Balaban J connectivity index is 1.82. The minimum absolute atomic E-state index is 0.0987. The molecule has 2 N–H and O–H groups in total. The summed E-state index contributed by atoms with van der Waals surface area (Å²) in [7, 11) is 0. The summed E-state index contributed by atoms with van der Waals surface area (Å²) in [4.78, 5) is 12.9. The molecule has 25 heavy (non-hydrogen) atoms. The van der Waals surface area contributed by atoms with Crippen LogP contribution in [0.5, 0.6) is 5.75 Å². The first-order valence-corrected chi connectivity index (χ1v) is 8.53. The van der Waals surface area contributed by atoms with Gasteiger partial charge in [-0.3, -0.25) is 4.79 Å². The number of nitrogens with one attached hydrogen (secondary N) is 1. The molecule has 5 heteroatoms. The van der Waals surface area contributed by atoms with E-state index in [9.17, 15) is 14.3 Å². The molecule has 0 spiro atoms. The minimum atomic E-state index is -0.605. The smallest absolute Gasteiger partial charge is 0.235 e. The molecular formula is C20H22FNO3. The number of benzene rings is 2. The van der Waals surface area contributed by atoms with Gasteiger partial charge >= 0.3 is 0 Å². The summed E-state index contributed by atoms with van der Waals surface area (Å²) < 4.78 is 18.7. The van der Waals surface area contributed by atoms with Crippen molar-refractivity contribution in [3.05, 3.63) is 59.4 Å². The fraction of sp³-hybridized carbons (Fsp3) is 0.350. The third-order valence-corrected chi connectivity index (χ3v) is 4.83. The molecule has 2 aromatic rings. The molecule has 0 radical (unpaired) electrons. The number of carbonyl (C=O) groups is 1. The van der Waals surface area contributed by atoms with Crippen molar-refractivity contribution in [1.82, 2.24) is 0 Å². The van der Waals surface area contributed by atoms with Crippen molar-refractivity contribution >= 4 is 11.6 Å². The summed E-state index contributed by atoms with van der Waals surface area (Å²) in [6.45, 7) is 2.22. The number of rotatable bonds is 6. The van der Waals surface area contributed by atoms with Crippen molar-refractivity contribution < 1.29 is 19.0 Å². The molecule has 0 aromatic heterocycles. The van der Waals surface area contributed by atoms with Gasteiger partial charge in [-0.05, 0) is 55.7 Å². The molecule has 1 aliphatic rings. The van der Waals surface area contributed by atoms with E-state index in [1.54, 1.807) is 30.3 Å². The summed E-state index contributed by atoms with van der Waals surface area (Å²) >= 11 is 0. The van der Waals surface area contributed by atoms with E-state index < -0.39 is 5.41 Å². The molecule has 0 bridgehead atoms. The number of amides is 1. The highest BCUT2D eigenvalue weighted by molar-refractivity contribution is 6.00. The number of anilines is 1. The number of ether oxygens (including phenoxy) is 1. The molecule has 3 rings (SSSR count). The molecular weight excluding hydrogens is 321 g/mol. The lowest BCUT2D eigenvalue weighted by atomic mass is 9.64. The zero-order valence-corrected chi connectivity index (χ0v) is 14.2. The number of hydrogen-bond acceptors (Lipinski definition) is 3. The van der Waals surface area contributed by atoms with Crippen molar-refractivity contribution in [2.45, 2.75) is 38.2 Å². The van der Waals surface area contributed by atoms with Crippen LogP contribution in [0.1, 0.15) is 37.3 Å². The largest absolute Gasteiger partial charge is 0.494 e. The highest BCUT2D eigenvalue weighted by Crippen LogP contribution is 2.44. The lowest BCUT2D eigenvalue weighted by Crippen LogP contribution is -2.46. The van der Waals surface area contributed by atoms with Crippen LogP contribution in [-0.2, 0) is 16.8 Å². The van der Waals surface area contributed by atoms with E-state index >= 15 is 0 Å². The Morgan fingerprint density at radius 1 is 1.24 bits per heavy atom. The van der Waals surface area contributed by atoms with Crippen molar-refractivity contribution in [3.8, 4) is 5.75 Å². The summed E-state index contributed by atoms with van der Waals surface area (Å²) in [6.07, 6.45) is 2.46. The maximum atomic E-state index is 13.2. The minimum Gasteiger partial charge on any atom is -0.494 e. The average molecular weight is 343 g/mol. The van der Waals surface area contributed by atoms with Crippen molar-refractivity contribution in [1.29, 1.82) is 0 Å². The topological polar surface area (TPSA) is 58.6 Å². The first-order valence-electron chi connectivity index (χ1n) is 8.53. The van der Waals surface area contributed by atoms with Crippen LogP contribution in [0.4, 0.5) is 10.1 Å². The molecule has 1 fully saturated rings. The molecule has 132 valence electrons. The van der Waals surface area contributed by atoms with Gasteiger partial charge in [0.15, 0.2) is 0 Å². The van der Waals surface area contributed by atoms with Gasteiger partial charge in [-0.2, -0.15) is 0 Å². The molecule has 2 aromatic carbocycles. The third kappa shape index (κ3) is 3.37. The number of halogens is 1. The molecule has 0 heterocycles. The van der Waals surface area contributed by atoms with Crippen LogP contribution in [-0.4, -0.2) is 17.6 Å². The fourth-order valence-corrected chi connectivity index (χ4v) is 3.27. The average Bonchev–Trinajstić information content (AvgIpc) is 2.57. The van der Waals surface area contributed by atoms with Crippen molar-refractivity contribution in [2.24, 2.45) is 0 Å². The van der Waals surface area contributed by atoms with Gasteiger partial charge in [-0.25, -0.2) is 4.39 Å². The van der Waals surface area contributed by atoms with Gasteiger partial charge in [0.2, 0.25) is 5.91 Å². The summed E-state index contributed by atoms with van der Waals surface area (Å²) in [5.74, 6) is 0.205. The zero-order valence-electron chi connectivity index (χ0n) is 14.2. The summed E-state index contributed by atoms with van der Waals surface area (Å²) in [5, 5.41) is 12.4. The Labute approximate surface area is 146 Å². The van der Waals surface area contributed by atoms with Gasteiger partial charge < -0.3 is 15.2 Å². The second-order valence-electron chi connectivity index (χ2n) is 6.31. The second kappa shape index (κ2) is 7.23. The van der Waals surface area contributed by atoms with Crippen LogP contribution in [0, 0.1) is 5.82 Å². The Morgan fingerprint density at radius 3 is 2.52 bits per heavy atom. The molecule has 0 atom stereocenters. The first kappa shape index (κ1) is 17.4. The number of aliphatic hydroxyl groups is 1. The van der Waals surface area contributed by atoms with E-state index in [1.807, 2.05) is 6.92 Å². The Bertz CT molecular complexity index is 754. The second-order valence-corrected chi connectivity index (χ2v) is 6.31. The first-order chi connectivity index (χ1) is 12.1. The lowest BCUT2D eigenvalue weighted by molar-refractivity contribution is -0.124. The Kier molecular flexibility index (Phi) is 5.04. The van der Waals surface area contributed by atoms with Gasteiger partial charge in [0.1, 0.15) is 11.6 Å². The maximum absolute atomic E-state index is 13.2. The maximum Gasteiger partial charge on any atom is 0.235 e. The predicted molar refractivity (Wildman–Crippen MR) is 94.1 cm³/mol. The molecule has 0 unspecified atom stereocenters. The molecule has 4 nitrogen and oxygen atoms in total. The van der Waals surface area contributed by atoms with E-state index in [4.69, 9.17) is 4.74 Å². The highest BCUT2D eigenvalue weighted by atomic mass is 19.1. The summed E-state index contributed by atoms with van der Waals surface area (Å²) in [5.41, 5.74) is 1.48. The number of hydrogen-bond donors (Lipinski definition) is 2. The van der Waals surface area contributed by atoms with Crippen LogP contribution in [0.2, 0.25) is 0 Å². The lowest BCUT2D eigenvalue weighted by Gasteiger charge is -2.40. The highest BCUT2D eigenvalue weighted by Gasteiger charge is 2.45. The number of carbonyl (C=O) groups excluding carboxylic acids is 1. The molecule has 1 aliphatic carbocycles. The van der Waals surface area contributed by atoms with Gasteiger partial charge in [0.25, 0.3) is 0 Å². The van der Waals surface area contributed by atoms with E-state index in [-0.39, 0.29) is 18.3 Å². The van der Waals surface area contributed by atoms with E-state index in [0.717, 1.165) is 24.8 Å². The third-order valence-electron chi connectivity index (χ3n) is 4.83. The fourth-order valence-electron chi connectivity index (χ4n) is 3.27. The SMILES string of the molecule is CCOc1ccc(NC(=O)C2(c3ccc(F)cc3)CCC2)cc1CO. The van der Waals surface area contributed by atoms with Gasteiger partial charge in [-0.15, -0.1) is 0 Å². The van der Waals surface area contributed by atoms with E-state index in [0.29, 0.717) is 23.6 Å². The van der Waals surface area contributed by atoms with Crippen LogP contribution in [0.25, 0.3) is 0 Å². The Morgan fingerprint density at radius 2 is 1.96 bits per heavy atom. The van der Waals surface area contributed by atoms with Crippen LogP contribution in [0.15, 0.2) is 42.5 Å². The quantitative estimate of drug-likeness (QED) is 0.839. The molecule has 1 saturated carbocycles. The van der Waals surface area contributed by atoms with Gasteiger partial charge in [-0.1, -0.05) is 18.6 Å². The molecule has 1 amide bonds. The zero-order chi connectivity index (χ0) is 17.9. The normalized spacial score (nSPS) is 15.3. The predicted octanol–water partition coefficient (Wildman–Crippen LogP) is 3.78. The van der Waals surface area contributed by atoms with Gasteiger partial charge in [0, 0.05) is 11.3 Å². The van der Waals surface area contributed by atoms with Crippen molar-refractivity contribution in [3.63, 3.8) is 0 Å². The number of aliphatic hydroxyl groups excluding tert-OH is 1. The standard InChI is InChI=1S/C20H22FNO3/c1-2-25-18-9-8-17(12-14(18)13-23)22-19(24)20(10-3-11-20)15-4-6-16(21)7-5-15/h4-9,12,23H,2-3,10-11,13H2,1H3,(H,22,24). The molecule has 0 aliphatic heterocycles. The van der Waals surface area contributed by atoms with Crippen LogP contribution >= 0.6 is 0 Å². The van der Waals surface area contributed by atoms with Crippen LogP contribution in [0.3, 0.4) is 0 Å². The van der Waals surface area contributed by atoms with Crippen molar-refractivity contribution in [2.75, 3.05) is 11.9 Å². The summed E-state index contributed by atoms with van der Waals surface area (Å²) in [6, 6.07) is 11.4.